The number of benzene rings is 1. The average Bonchev–Trinajstić information content (AvgIpc) is 2.26. The summed E-state index contributed by atoms with van der Waals surface area (Å²) < 4.78 is 9.72. The second kappa shape index (κ2) is 6.81. The molecule has 0 saturated carbocycles. The van der Waals surface area contributed by atoms with Crippen LogP contribution < -0.4 is 5.32 Å². The first-order chi connectivity index (χ1) is 9.23. The normalized spacial score (nSPS) is 10.8. The van der Waals surface area contributed by atoms with Gasteiger partial charge >= 0.3 is 12.1 Å². The molecule has 5 nitrogen and oxygen atoms in total. The second-order valence-electron chi connectivity index (χ2n) is 4.86. The Morgan fingerprint density at radius 1 is 1.30 bits per heavy atom. The minimum Gasteiger partial charge on any atom is -0.446 e. The number of alkyl halides is 1. The van der Waals surface area contributed by atoms with E-state index < -0.39 is 17.7 Å². The maximum absolute atomic E-state index is 11.6. The van der Waals surface area contributed by atoms with Crippen LogP contribution in [0, 0.1) is 0 Å². The van der Waals surface area contributed by atoms with Crippen LogP contribution in [0.1, 0.15) is 31.1 Å². The smallest absolute Gasteiger partial charge is 0.412 e. The summed E-state index contributed by atoms with van der Waals surface area (Å²) in [5, 5.41) is 2.66. The molecule has 0 aliphatic carbocycles. The molecular weight excluding hydrogens is 305 g/mol. The molecule has 0 atom stereocenters. The van der Waals surface area contributed by atoms with E-state index in [-0.39, 0.29) is 16.7 Å². The fraction of sp³-hybridized carbons (Fsp3) is 0.385. The molecule has 1 amide bonds. The van der Waals surface area contributed by atoms with Gasteiger partial charge in [0.05, 0.1) is 10.6 Å². The van der Waals surface area contributed by atoms with Crippen molar-refractivity contribution < 1.29 is 19.1 Å². The SMILES string of the molecule is CC(C)(C)OC(=O)Nc1ccc(C(=O)OCCl)c(Cl)c1. The zero-order valence-electron chi connectivity index (χ0n) is 11.3. The molecule has 0 bridgehead atoms. The monoisotopic (exact) mass is 319 g/mol. The van der Waals surface area contributed by atoms with Crippen molar-refractivity contribution in [2.75, 3.05) is 11.4 Å². The molecule has 0 spiro atoms. The summed E-state index contributed by atoms with van der Waals surface area (Å²) in [6.07, 6.45) is -0.607. The third-order valence-corrected chi connectivity index (χ3v) is 2.44. The number of ether oxygens (including phenoxy) is 2. The van der Waals surface area contributed by atoms with Gasteiger partial charge in [-0.15, -0.1) is 0 Å². The Hall–Kier alpha value is -1.46. The van der Waals surface area contributed by atoms with Gasteiger partial charge in [-0.1, -0.05) is 23.2 Å². The van der Waals surface area contributed by atoms with Crippen LogP contribution in [-0.4, -0.2) is 23.7 Å². The molecule has 1 N–H and O–H groups in total. The third-order valence-electron chi connectivity index (χ3n) is 2.02. The van der Waals surface area contributed by atoms with Crippen molar-refractivity contribution in [3.63, 3.8) is 0 Å². The van der Waals surface area contributed by atoms with Crippen LogP contribution in [-0.2, 0) is 9.47 Å². The zero-order valence-corrected chi connectivity index (χ0v) is 12.8. The molecule has 1 aromatic carbocycles. The number of amides is 1. The number of anilines is 1. The number of carbonyl (C=O) groups excluding carboxylic acids is 2. The highest BCUT2D eigenvalue weighted by atomic mass is 35.5. The van der Waals surface area contributed by atoms with E-state index in [1.165, 1.54) is 18.2 Å². The van der Waals surface area contributed by atoms with E-state index in [1.807, 2.05) is 0 Å². The van der Waals surface area contributed by atoms with Gasteiger partial charge in [-0.05, 0) is 39.0 Å². The molecule has 0 aliphatic rings. The lowest BCUT2D eigenvalue weighted by molar-refractivity contribution is 0.0573. The van der Waals surface area contributed by atoms with E-state index in [0.29, 0.717) is 5.69 Å². The molecule has 0 unspecified atom stereocenters. The van der Waals surface area contributed by atoms with Gasteiger partial charge in [0.15, 0.2) is 6.07 Å². The van der Waals surface area contributed by atoms with Crippen LogP contribution in [0.4, 0.5) is 10.5 Å². The molecular formula is C13H15Cl2NO4. The first kappa shape index (κ1) is 16.6. The Balaban J connectivity index is 2.78. The maximum atomic E-state index is 11.6. The van der Waals surface area contributed by atoms with E-state index in [4.69, 9.17) is 27.9 Å². The van der Waals surface area contributed by atoms with Gasteiger partial charge in [0, 0.05) is 5.69 Å². The summed E-state index contributed by atoms with van der Waals surface area (Å²) in [7, 11) is 0. The summed E-state index contributed by atoms with van der Waals surface area (Å²) in [6.45, 7) is 5.26. The molecule has 0 saturated heterocycles. The van der Waals surface area contributed by atoms with Crippen molar-refractivity contribution in [3.05, 3.63) is 28.8 Å². The molecule has 110 valence electrons. The second-order valence-corrected chi connectivity index (χ2v) is 5.49. The maximum Gasteiger partial charge on any atom is 0.412 e. The van der Waals surface area contributed by atoms with Crippen molar-refractivity contribution in [2.24, 2.45) is 0 Å². The van der Waals surface area contributed by atoms with Crippen LogP contribution in [0.25, 0.3) is 0 Å². The summed E-state index contributed by atoms with van der Waals surface area (Å²) in [5.41, 5.74) is -0.0217. The van der Waals surface area contributed by atoms with Crippen molar-refractivity contribution >= 4 is 41.0 Å². The van der Waals surface area contributed by atoms with E-state index in [2.05, 4.69) is 10.1 Å². The van der Waals surface area contributed by atoms with E-state index >= 15 is 0 Å². The van der Waals surface area contributed by atoms with Crippen molar-refractivity contribution in [1.29, 1.82) is 0 Å². The number of hydrogen-bond acceptors (Lipinski definition) is 4. The van der Waals surface area contributed by atoms with Gasteiger partial charge in [0.1, 0.15) is 5.60 Å². The van der Waals surface area contributed by atoms with Crippen molar-refractivity contribution in [3.8, 4) is 0 Å². The van der Waals surface area contributed by atoms with Gasteiger partial charge in [-0.25, -0.2) is 9.59 Å². The zero-order chi connectivity index (χ0) is 15.3. The molecule has 0 radical (unpaired) electrons. The van der Waals surface area contributed by atoms with Gasteiger partial charge < -0.3 is 9.47 Å². The first-order valence-electron chi connectivity index (χ1n) is 5.75. The number of carbonyl (C=O) groups is 2. The summed E-state index contributed by atoms with van der Waals surface area (Å²) in [6, 6.07) is 4.12. The van der Waals surface area contributed by atoms with Crippen LogP contribution in [0.3, 0.4) is 0 Å². The molecule has 0 aliphatic heterocycles. The van der Waals surface area contributed by atoms with Crippen LogP contribution in [0.2, 0.25) is 5.02 Å². The summed E-state index contributed by atoms with van der Waals surface area (Å²) >= 11 is 11.2. The molecule has 0 aromatic heterocycles. The lowest BCUT2D eigenvalue weighted by Crippen LogP contribution is -2.27. The summed E-state index contributed by atoms with van der Waals surface area (Å²) in [5.74, 6) is -0.631. The largest absolute Gasteiger partial charge is 0.446 e. The highest BCUT2D eigenvalue weighted by Gasteiger charge is 2.17. The molecule has 7 heteroatoms. The minimum atomic E-state index is -0.631. The van der Waals surface area contributed by atoms with E-state index in [0.717, 1.165) is 0 Å². The van der Waals surface area contributed by atoms with Gasteiger partial charge in [-0.2, -0.15) is 0 Å². The van der Waals surface area contributed by atoms with Crippen LogP contribution in [0.5, 0.6) is 0 Å². The highest BCUT2D eigenvalue weighted by molar-refractivity contribution is 6.34. The first-order valence-corrected chi connectivity index (χ1v) is 6.67. The Kier molecular flexibility index (Phi) is 5.65. The van der Waals surface area contributed by atoms with Gasteiger partial charge in [-0.3, -0.25) is 5.32 Å². The topological polar surface area (TPSA) is 64.6 Å². The quantitative estimate of drug-likeness (QED) is 0.674. The lowest BCUT2D eigenvalue weighted by atomic mass is 10.2. The molecule has 20 heavy (non-hydrogen) atoms. The molecule has 0 fully saturated rings. The van der Waals surface area contributed by atoms with Gasteiger partial charge in [0.25, 0.3) is 0 Å². The average molecular weight is 320 g/mol. The van der Waals surface area contributed by atoms with E-state index in [1.54, 1.807) is 20.8 Å². The lowest BCUT2D eigenvalue weighted by Gasteiger charge is -2.19. The fourth-order valence-corrected chi connectivity index (χ4v) is 1.66. The predicted octanol–water partition coefficient (Wildman–Crippen LogP) is 4.04. The Morgan fingerprint density at radius 3 is 2.45 bits per heavy atom. The number of esters is 1. The standard InChI is InChI=1S/C13H15Cl2NO4/c1-13(2,3)20-12(18)16-8-4-5-9(10(15)6-8)11(17)19-7-14/h4-6H,7H2,1-3H3,(H,16,18). The Labute approximate surface area is 127 Å². The third kappa shape index (κ3) is 5.27. The number of nitrogens with one attached hydrogen (secondary N) is 1. The summed E-state index contributed by atoms with van der Waals surface area (Å²) in [4.78, 5) is 23.1. The van der Waals surface area contributed by atoms with Crippen LogP contribution >= 0.6 is 23.2 Å². The number of halogens is 2. The highest BCUT2D eigenvalue weighted by Crippen LogP contribution is 2.22. The fourth-order valence-electron chi connectivity index (χ4n) is 1.31. The van der Waals surface area contributed by atoms with Crippen molar-refractivity contribution in [2.45, 2.75) is 26.4 Å². The van der Waals surface area contributed by atoms with E-state index in [9.17, 15) is 9.59 Å². The molecule has 1 rings (SSSR count). The number of rotatable bonds is 3. The van der Waals surface area contributed by atoms with Crippen LogP contribution in [0.15, 0.2) is 18.2 Å². The minimum absolute atomic E-state index is 0.147. The molecule has 0 heterocycles. The Morgan fingerprint density at radius 2 is 1.95 bits per heavy atom. The predicted molar refractivity (Wildman–Crippen MR) is 77.4 cm³/mol. The van der Waals surface area contributed by atoms with Crippen molar-refractivity contribution in [1.82, 2.24) is 0 Å². The van der Waals surface area contributed by atoms with Gasteiger partial charge in [0.2, 0.25) is 0 Å². The molecule has 1 aromatic rings. The number of hydrogen-bond donors (Lipinski definition) is 1. The Bertz CT molecular complexity index is 512.